The largest absolute Gasteiger partial charge is 0.391 e. The van der Waals surface area contributed by atoms with E-state index in [1.165, 1.54) is 11.3 Å². The molecule has 1 heterocycles. The van der Waals surface area contributed by atoms with Crippen LogP contribution >= 0.6 is 11.3 Å². The van der Waals surface area contributed by atoms with Crippen LogP contribution in [0.5, 0.6) is 0 Å². The molecular weight excluding hydrogens is 174 g/mol. The maximum Gasteiger partial charge on any atom is 0.307 e. The fourth-order valence-corrected chi connectivity index (χ4v) is 2.39. The van der Waals surface area contributed by atoms with Crippen LogP contribution < -0.4 is 4.87 Å². The highest BCUT2D eigenvalue weighted by Gasteiger charge is 2.27. The topological polar surface area (TPSA) is 42.2 Å². The lowest BCUT2D eigenvalue weighted by Gasteiger charge is -2.14. The molecule has 0 unspecified atom stereocenters. The number of aromatic nitrogens is 1. The van der Waals surface area contributed by atoms with Gasteiger partial charge in [-0.05, 0) is 19.3 Å². The first-order valence-corrected chi connectivity index (χ1v) is 5.00. The number of aliphatic hydroxyl groups excluding tert-OH is 1. The predicted molar refractivity (Wildman–Crippen MR) is 47.5 cm³/mol. The van der Waals surface area contributed by atoms with Crippen molar-refractivity contribution in [3.63, 3.8) is 0 Å². The molecule has 2 rings (SSSR count). The van der Waals surface area contributed by atoms with E-state index in [4.69, 9.17) is 0 Å². The molecule has 1 fully saturated rings. The van der Waals surface area contributed by atoms with Crippen molar-refractivity contribution in [2.24, 2.45) is 0 Å². The van der Waals surface area contributed by atoms with Crippen molar-refractivity contribution in [3.8, 4) is 0 Å². The molecule has 12 heavy (non-hydrogen) atoms. The summed E-state index contributed by atoms with van der Waals surface area (Å²) in [6.45, 7) is 0. The van der Waals surface area contributed by atoms with E-state index in [-0.39, 0.29) is 17.0 Å². The standard InChI is InChI=1S/C8H11NO2S/c10-7-3-1-2-6(7)9-4-5-12-8(9)11/h4-7,10H,1-3H2/t6-,7-/m0/s1. The highest BCUT2D eigenvalue weighted by molar-refractivity contribution is 7.07. The van der Waals surface area contributed by atoms with E-state index < -0.39 is 0 Å². The van der Waals surface area contributed by atoms with Crippen LogP contribution in [0.15, 0.2) is 16.4 Å². The van der Waals surface area contributed by atoms with Crippen LogP contribution in [0.2, 0.25) is 0 Å². The molecule has 1 aromatic rings. The Morgan fingerprint density at radius 2 is 2.42 bits per heavy atom. The summed E-state index contributed by atoms with van der Waals surface area (Å²) in [5, 5.41) is 11.3. The minimum absolute atomic E-state index is 0.0312. The Labute approximate surface area is 74.3 Å². The van der Waals surface area contributed by atoms with Crippen LogP contribution in [0.1, 0.15) is 25.3 Å². The van der Waals surface area contributed by atoms with Gasteiger partial charge in [0.25, 0.3) is 0 Å². The molecular formula is C8H11NO2S. The van der Waals surface area contributed by atoms with Gasteiger partial charge in [-0.15, -0.1) is 0 Å². The van der Waals surface area contributed by atoms with Gasteiger partial charge in [0, 0.05) is 11.6 Å². The van der Waals surface area contributed by atoms with Crippen LogP contribution in [-0.2, 0) is 0 Å². The second-order valence-electron chi connectivity index (χ2n) is 3.14. The van der Waals surface area contributed by atoms with Gasteiger partial charge in [-0.2, -0.15) is 0 Å². The Balaban J connectivity index is 2.30. The van der Waals surface area contributed by atoms with Crippen LogP contribution in [0.3, 0.4) is 0 Å². The van der Waals surface area contributed by atoms with Gasteiger partial charge in [0.2, 0.25) is 0 Å². The number of aliphatic hydroxyl groups is 1. The molecule has 0 saturated heterocycles. The monoisotopic (exact) mass is 185 g/mol. The first-order chi connectivity index (χ1) is 5.79. The van der Waals surface area contributed by atoms with Gasteiger partial charge in [-0.3, -0.25) is 4.79 Å². The minimum atomic E-state index is -0.322. The predicted octanol–water partition coefficient (Wildman–Crippen LogP) is 0.996. The molecule has 0 bridgehead atoms. The highest BCUT2D eigenvalue weighted by Crippen LogP contribution is 2.28. The fraction of sp³-hybridized carbons (Fsp3) is 0.625. The highest BCUT2D eigenvalue weighted by atomic mass is 32.1. The average molecular weight is 185 g/mol. The van der Waals surface area contributed by atoms with Crippen molar-refractivity contribution in [1.82, 2.24) is 4.57 Å². The summed E-state index contributed by atoms with van der Waals surface area (Å²) >= 11 is 1.19. The molecule has 66 valence electrons. The van der Waals surface area contributed by atoms with Crippen molar-refractivity contribution in [2.45, 2.75) is 31.4 Å². The maximum atomic E-state index is 11.2. The summed E-state index contributed by atoms with van der Waals surface area (Å²) in [4.78, 5) is 11.3. The number of thiazole rings is 1. The first kappa shape index (κ1) is 8.01. The van der Waals surface area contributed by atoms with Crippen molar-refractivity contribution >= 4 is 11.3 Å². The van der Waals surface area contributed by atoms with Crippen LogP contribution in [0.25, 0.3) is 0 Å². The summed E-state index contributed by atoms with van der Waals surface area (Å²) in [6.07, 6.45) is 4.22. The zero-order valence-corrected chi connectivity index (χ0v) is 7.46. The molecule has 2 atom stereocenters. The maximum absolute atomic E-state index is 11.2. The third-order valence-electron chi connectivity index (χ3n) is 2.40. The van der Waals surface area contributed by atoms with Gasteiger partial charge in [0.05, 0.1) is 12.1 Å². The summed E-state index contributed by atoms with van der Waals surface area (Å²) < 4.78 is 1.66. The van der Waals surface area contributed by atoms with Crippen molar-refractivity contribution in [1.29, 1.82) is 0 Å². The molecule has 0 aromatic carbocycles. The lowest BCUT2D eigenvalue weighted by Crippen LogP contribution is -2.24. The molecule has 1 N–H and O–H groups in total. The minimum Gasteiger partial charge on any atom is -0.391 e. The Morgan fingerprint density at radius 1 is 1.58 bits per heavy atom. The molecule has 0 aliphatic heterocycles. The quantitative estimate of drug-likeness (QED) is 0.709. The van der Waals surface area contributed by atoms with E-state index in [2.05, 4.69) is 0 Å². The average Bonchev–Trinajstić information content (AvgIpc) is 2.59. The zero-order valence-electron chi connectivity index (χ0n) is 6.64. The van der Waals surface area contributed by atoms with Gasteiger partial charge in [-0.25, -0.2) is 0 Å². The van der Waals surface area contributed by atoms with Gasteiger partial charge < -0.3 is 9.67 Å². The number of hydrogen-bond acceptors (Lipinski definition) is 3. The molecule has 3 nitrogen and oxygen atoms in total. The zero-order chi connectivity index (χ0) is 8.55. The van der Waals surface area contributed by atoms with Crippen molar-refractivity contribution in [2.75, 3.05) is 0 Å². The Kier molecular flexibility index (Phi) is 2.02. The fourth-order valence-electron chi connectivity index (χ4n) is 1.77. The van der Waals surface area contributed by atoms with E-state index >= 15 is 0 Å². The van der Waals surface area contributed by atoms with Gasteiger partial charge in [0.1, 0.15) is 0 Å². The van der Waals surface area contributed by atoms with E-state index in [0.29, 0.717) is 0 Å². The SMILES string of the molecule is O=c1sccn1[C@H]1CCC[C@@H]1O. The van der Waals surface area contributed by atoms with Crippen LogP contribution in [0, 0.1) is 0 Å². The molecule has 1 aromatic heterocycles. The van der Waals surface area contributed by atoms with Gasteiger partial charge >= 0.3 is 4.87 Å². The Bertz CT molecular complexity index is 317. The third kappa shape index (κ3) is 1.21. The molecule has 1 saturated carbocycles. The van der Waals surface area contributed by atoms with Crippen molar-refractivity contribution in [3.05, 3.63) is 21.2 Å². The van der Waals surface area contributed by atoms with Gasteiger partial charge in [0.15, 0.2) is 0 Å². The number of hydrogen-bond donors (Lipinski definition) is 1. The smallest absolute Gasteiger partial charge is 0.307 e. The number of nitrogens with zero attached hydrogens (tertiary/aromatic N) is 1. The normalized spacial score (nSPS) is 29.4. The molecule has 4 heteroatoms. The van der Waals surface area contributed by atoms with Crippen molar-refractivity contribution < 1.29 is 5.11 Å². The second-order valence-corrected chi connectivity index (χ2v) is 4.00. The van der Waals surface area contributed by atoms with E-state index in [0.717, 1.165) is 19.3 Å². The number of rotatable bonds is 1. The van der Waals surface area contributed by atoms with Gasteiger partial charge in [-0.1, -0.05) is 11.3 Å². The van der Waals surface area contributed by atoms with Crippen LogP contribution in [0.4, 0.5) is 0 Å². The van der Waals surface area contributed by atoms with Crippen LogP contribution in [-0.4, -0.2) is 15.8 Å². The molecule has 0 radical (unpaired) electrons. The summed E-state index contributed by atoms with van der Waals surface area (Å²) in [7, 11) is 0. The van der Waals surface area contributed by atoms with E-state index in [1.807, 2.05) is 0 Å². The molecule has 1 aliphatic carbocycles. The summed E-state index contributed by atoms with van der Waals surface area (Å²) in [6, 6.07) is 0.0312. The molecule has 0 spiro atoms. The van der Waals surface area contributed by atoms with E-state index in [1.54, 1.807) is 16.1 Å². The Hall–Kier alpha value is -0.610. The third-order valence-corrected chi connectivity index (χ3v) is 3.07. The lowest BCUT2D eigenvalue weighted by molar-refractivity contribution is 0.135. The Morgan fingerprint density at radius 3 is 2.92 bits per heavy atom. The van der Waals surface area contributed by atoms with E-state index in [9.17, 15) is 9.90 Å². The molecule has 0 amide bonds. The second kappa shape index (κ2) is 3.03. The first-order valence-electron chi connectivity index (χ1n) is 4.13. The summed E-state index contributed by atoms with van der Waals surface area (Å²) in [5.74, 6) is 0. The molecule has 1 aliphatic rings. The lowest BCUT2D eigenvalue weighted by atomic mass is 10.2. The summed E-state index contributed by atoms with van der Waals surface area (Å²) in [5.41, 5.74) is 0.